The van der Waals surface area contributed by atoms with Crippen LogP contribution in [0.4, 0.5) is 17.1 Å². The van der Waals surface area contributed by atoms with E-state index in [2.05, 4.69) is 111 Å². The molecule has 0 saturated carbocycles. The first kappa shape index (κ1) is 20.9. The van der Waals surface area contributed by atoms with Crippen molar-refractivity contribution in [1.82, 2.24) is 4.98 Å². The lowest BCUT2D eigenvalue weighted by atomic mass is 9.88. The summed E-state index contributed by atoms with van der Waals surface area (Å²) in [6.45, 7) is 10.6. The van der Waals surface area contributed by atoms with Gasteiger partial charge in [0.05, 0.1) is 17.1 Å². The van der Waals surface area contributed by atoms with Gasteiger partial charge in [-0.3, -0.25) is 4.98 Å². The zero-order valence-corrected chi connectivity index (χ0v) is 20.8. The summed E-state index contributed by atoms with van der Waals surface area (Å²) in [5.41, 5.74) is 10.6. The van der Waals surface area contributed by atoms with Crippen molar-refractivity contribution in [2.75, 3.05) is 4.90 Å². The van der Waals surface area contributed by atoms with E-state index in [9.17, 15) is 0 Å². The number of benzene rings is 5. The Bertz CT molecular complexity index is 1880. The smallest absolute Gasteiger partial charge is 0.0822 e. The number of hydrogen-bond donors (Lipinski definition) is 0. The van der Waals surface area contributed by atoms with E-state index in [1.807, 2.05) is 12.3 Å². The molecule has 1 aromatic heterocycles. The fraction of sp³-hybridized carbons (Fsp3) is 0.0882. The van der Waals surface area contributed by atoms with Gasteiger partial charge in [-0.25, -0.2) is 0 Å². The van der Waals surface area contributed by atoms with Gasteiger partial charge in [0.15, 0.2) is 0 Å². The standard InChI is InChI=1S/C34H26N2/c1-5-23-18-31-30(17-21(23)3)34-33-27(13-14-35-34)26-12-11-25-22(4)15-20(2)16-28(25)29(26)19-32(33)36(31)24-9-7-6-8-10-24/h5-19H,1H2,2-4H3. The van der Waals surface area contributed by atoms with E-state index in [4.69, 9.17) is 4.98 Å². The van der Waals surface area contributed by atoms with E-state index in [-0.39, 0.29) is 0 Å². The predicted octanol–water partition coefficient (Wildman–Crippen LogP) is 9.56. The maximum atomic E-state index is 4.95. The van der Waals surface area contributed by atoms with Gasteiger partial charge in [0.1, 0.15) is 0 Å². The lowest BCUT2D eigenvalue weighted by Gasteiger charge is -2.34. The van der Waals surface area contributed by atoms with Crippen molar-refractivity contribution >= 4 is 55.5 Å². The molecule has 0 unspecified atom stereocenters. The number of para-hydroxylation sites is 1. The third-order valence-corrected chi connectivity index (χ3v) is 7.66. The number of hydrogen-bond acceptors (Lipinski definition) is 2. The maximum Gasteiger partial charge on any atom is 0.0822 e. The lowest BCUT2D eigenvalue weighted by Crippen LogP contribution is -2.16. The third-order valence-electron chi connectivity index (χ3n) is 7.66. The Morgan fingerprint density at radius 1 is 0.694 bits per heavy atom. The molecule has 36 heavy (non-hydrogen) atoms. The van der Waals surface area contributed by atoms with Gasteiger partial charge >= 0.3 is 0 Å². The van der Waals surface area contributed by atoms with Gasteiger partial charge in [0.25, 0.3) is 0 Å². The van der Waals surface area contributed by atoms with Crippen LogP contribution in [-0.2, 0) is 0 Å². The van der Waals surface area contributed by atoms with Crippen LogP contribution in [0, 0.1) is 20.8 Å². The molecule has 0 fully saturated rings. The normalized spacial score (nSPS) is 12.4. The number of anilines is 3. The summed E-state index contributed by atoms with van der Waals surface area (Å²) in [5, 5.41) is 7.60. The molecule has 0 bridgehead atoms. The molecule has 2 heteroatoms. The van der Waals surface area contributed by atoms with E-state index in [1.54, 1.807) is 0 Å². The van der Waals surface area contributed by atoms with Gasteiger partial charge < -0.3 is 4.90 Å². The summed E-state index contributed by atoms with van der Waals surface area (Å²) in [4.78, 5) is 7.35. The molecule has 0 spiro atoms. The SMILES string of the molecule is C=Cc1cc2c(cc1C)-c1nccc3c1c(cc1c4cc(C)cc(C)c4ccc31)N2c1ccccc1. The number of fused-ring (bicyclic) bond motifs is 6. The van der Waals surface area contributed by atoms with Crippen LogP contribution in [-0.4, -0.2) is 4.98 Å². The number of nitrogens with zero attached hydrogens (tertiary/aromatic N) is 2. The van der Waals surface area contributed by atoms with Crippen molar-refractivity contribution in [3.8, 4) is 11.3 Å². The molecule has 2 heterocycles. The molecule has 1 aliphatic rings. The number of aromatic nitrogens is 1. The highest BCUT2D eigenvalue weighted by Crippen LogP contribution is 2.53. The van der Waals surface area contributed by atoms with Gasteiger partial charge in [-0.2, -0.15) is 0 Å². The van der Waals surface area contributed by atoms with Gasteiger partial charge in [0.2, 0.25) is 0 Å². The van der Waals surface area contributed by atoms with Crippen LogP contribution in [0.25, 0.3) is 49.7 Å². The van der Waals surface area contributed by atoms with Crippen molar-refractivity contribution in [3.05, 3.63) is 114 Å². The second-order valence-corrected chi connectivity index (χ2v) is 9.92. The van der Waals surface area contributed by atoms with Crippen LogP contribution in [0.3, 0.4) is 0 Å². The van der Waals surface area contributed by atoms with E-state index < -0.39 is 0 Å². The van der Waals surface area contributed by atoms with Gasteiger partial charge in [-0.1, -0.05) is 60.7 Å². The van der Waals surface area contributed by atoms with Crippen molar-refractivity contribution in [2.24, 2.45) is 0 Å². The van der Waals surface area contributed by atoms with Gasteiger partial charge in [0, 0.05) is 22.8 Å². The summed E-state index contributed by atoms with van der Waals surface area (Å²) in [5.74, 6) is 0. The van der Waals surface area contributed by atoms with Crippen LogP contribution < -0.4 is 4.90 Å². The Balaban J connectivity index is 1.71. The number of aryl methyl sites for hydroxylation is 3. The second kappa shape index (κ2) is 7.53. The molecule has 0 N–H and O–H groups in total. The van der Waals surface area contributed by atoms with Crippen LogP contribution in [0.15, 0.2) is 91.6 Å². The fourth-order valence-corrected chi connectivity index (χ4v) is 6.04. The molecule has 0 saturated heterocycles. The van der Waals surface area contributed by atoms with E-state index in [0.717, 1.165) is 28.2 Å². The highest BCUT2D eigenvalue weighted by atomic mass is 15.2. The number of pyridine rings is 1. The molecule has 2 nitrogen and oxygen atoms in total. The molecule has 7 rings (SSSR count). The molecule has 6 aromatic rings. The summed E-state index contributed by atoms with van der Waals surface area (Å²) < 4.78 is 0. The van der Waals surface area contributed by atoms with Crippen molar-refractivity contribution in [3.63, 3.8) is 0 Å². The second-order valence-electron chi connectivity index (χ2n) is 9.92. The lowest BCUT2D eigenvalue weighted by molar-refractivity contribution is 1.24. The maximum absolute atomic E-state index is 4.95. The topological polar surface area (TPSA) is 16.1 Å². The van der Waals surface area contributed by atoms with Crippen molar-refractivity contribution in [1.29, 1.82) is 0 Å². The summed E-state index contributed by atoms with van der Waals surface area (Å²) >= 11 is 0. The van der Waals surface area contributed by atoms with E-state index in [1.165, 1.54) is 54.7 Å². The minimum Gasteiger partial charge on any atom is -0.309 e. The quantitative estimate of drug-likeness (QED) is 0.238. The highest BCUT2D eigenvalue weighted by molar-refractivity contribution is 6.25. The zero-order chi connectivity index (χ0) is 24.6. The molecule has 5 aromatic carbocycles. The molecule has 0 aliphatic carbocycles. The Morgan fingerprint density at radius 3 is 2.28 bits per heavy atom. The molecular weight excluding hydrogens is 436 g/mol. The molecule has 0 atom stereocenters. The fourth-order valence-electron chi connectivity index (χ4n) is 6.04. The Hall–Kier alpha value is -4.43. The molecular formula is C34H26N2. The Labute approximate surface area is 211 Å². The number of rotatable bonds is 2. The largest absolute Gasteiger partial charge is 0.309 e. The van der Waals surface area contributed by atoms with Crippen LogP contribution in [0.5, 0.6) is 0 Å². The predicted molar refractivity (Wildman–Crippen MR) is 155 cm³/mol. The molecule has 0 radical (unpaired) electrons. The third kappa shape index (κ3) is 2.82. The van der Waals surface area contributed by atoms with Crippen LogP contribution in [0.1, 0.15) is 22.3 Å². The van der Waals surface area contributed by atoms with Crippen molar-refractivity contribution in [2.45, 2.75) is 20.8 Å². The first-order chi connectivity index (χ1) is 17.5. The first-order valence-electron chi connectivity index (χ1n) is 12.4. The average molecular weight is 463 g/mol. The first-order valence-corrected chi connectivity index (χ1v) is 12.4. The Kier molecular flexibility index (Phi) is 4.37. The summed E-state index contributed by atoms with van der Waals surface area (Å²) in [6, 6.07) is 28.9. The van der Waals surface area contributed by atoms with Crippen molar-refractivity contribution < 1.29 is 0 Å². The van der Waals surface area contributed by atoms with E-state index >= 15 is 0 Å². The summed E-state index contributed by atoms with van der Waals surface area (Å²) in [7, 11) is 0. The minimum atomic E-state index is 1.05. The molecule has 1 aliphatic heterocycles. The molecule has 0 amide bonds. The minimum absolute atomic E-state index is 1.05. The van der Waals surface area contributed by atoms with Crippen LogP contribution >= 0.6 is 0 Å². The highest BCUT2D eigenvalue weighted by Gasteiger charge is 2.29. The van der Waals surface area contributed by atoms with Gasteiger partial charge in [-0.15, -0.1) is 0 Å². The van der Waals surface area contributed by atoms with E-state index in [0.29, 0.717) is 0 Å². The zero-order valence-electron chi connectivity index (χ0n) is 20.8. The Morgan fingerprint density at radius 2 is 1.47 bits per heavy atom. The van der Waals surface area contributed by atoms with Crippen LogP contribution in [0.2, 0.25) is 0 Å². The van der Waals surface area contributed by atoms with Gasteiger partial charge in [-0.05, 0) is 101 Å². The monoisotopic (exact) mass is 462 g/mol. The average Bonchev–Trinajstić information content (AvgIpc) is 2.89. The summed E-state index contributed by atoms with van der Waals surface area (Å²) in [6.07, 6.45) is 3.91. The molecule has 172 valence electrons.